The number of carbonyl (C=O) groups is 1. The maximum atomic E-state index is 13.2. The Hall–Kier alpha value is -2.54. The minimum Gasteiger partial charge on any atom is -0.337 e. The van der Waals surface area contributed by atoms with Crippen molar-refractivity contribution < 1.29 is 9.18 Å². The van der Waals surface area contributed by atoms with E-state index in [-0.39, 0.29) is 11.7 Å². The smallest absolute Gasteiger partial charge is 0.264 e. The van der Waals surface area contributed by atoms with E-state index in [0.29, 0.717) is 16.4 Å². The van der Waals surface area contributed by atoms with Crippen LogP contribution in [0.15, 0.2) is 36.7 Å². The summed E-state index contributed by atoms with van der Waals surface area (Å²) in [6.07, 6.45) is 3.47. The number of aromatic nitrogens is 3. The van der Waals surface area contributed by atoms with Crippen LogP contribution < -0.4 is 5.32 Å². The van der Waals surface area contributed by atoms with Gasteiger partial charge in [0.15, 0.2) is 0 Å². The average molecular weight is 344 g/mol. The fraction of sp³-hybridized carbons (Fsp3) is 0.235. The predicted molar refractivity (Wildman–Crippen MR) is 90.5 cm³/mol. The molecule has 0 radical (unpaired) electrons. The summed E-state index contributed by atoms with van der Waals surface area (Å²) in [5.41, 5.74) is 1.46. The molecular weight excluding hydrogens is 327 g/mol. The van der Waals surface area contributed by atoms with Crippen LogP contribution in [0.2, 0.25) is 0 Å². The Bertz CT molecular complexity index is 869. The summed E-state index contributed by atoms with van der Waals surface area (Å²) in [7, 11) is 1.85. The van der Waals surface area contributed by atoms with Crippen molar-refractivity contribution in [2.45, 2.75) is 19.9 Å². The molecule has 24 heavy (non-hydrogen) atoms. The van der Waals surface area contributed by atoms with Crippen molar-refractivity contribution in [3.63, 3.8) is 0 Å². The molecule has 1 unspecified atom stereocenters. The Kier molecular flexibility index (Phi) is 4.44. The number of halogens is 1. The predicted octanol–water partition coefficient (Wildman–Crippen LogP) is 3.15. The van der Waals surface area contributed by atoms with Crippen LogP contribution in [0.5, 0.6) is 0 Å². The highest BCUT2D eigenvalue weighted by Gasteiger charge is 2.23. The van der Waals surface area contributed by atoms with Gasteiger partial charge in [0.25, 0.3) is 5.91 Å². The zero-order valence-corrected chi connectivity index (χ0v) is 14.4. The van der Waals surface area contributed by atoms with Crippen LogP contribution in [0.1, 0.15) is 37.8 Å². The largest absolute Gasteiger partial charge is 0.337 e. The van der Waals surface area contributed by atoms with Crippen LogP contribution in [0.25, 0.3) is 0 Å². The Morgan fingerprint density at radius 1 is 1.29 bits per heavy atom. The number of benzene rings is 1. The molecule has 0 bridgehead atoms. The van der Waals surface area contributed by atoms with E-state index in [1.807, 2.05) is 25.5 Å². The van der Waals surface area contributed by atoms with Crippen LogP contribution in [-0.4, -0.2) is 20.4 Å². The Morgan fingerprint density at radius 2 is 2.00 bits per heavy atom. The zero-order valence-electron chi connectivity index (χ0n) is 13.6. The van der Waals surface area contributed by atoms with E-state index in [2.05, 4.69) is 15.3 Å². The Balaban J connectivity index is 1.96. The summed E-state index contributed by atoms with van der Waals surface area (Å²) >= 11 is 1.35. The van der Waals surface area contributed by atoms with Crippen molar-refractivity contribution in [1.82, 2.24) is 19.9 Å². The number of hydrogen-bond donors (Lipinski definition) is 1. The standard InChI is InChI=1S/C17H17FN4OS/c1-10-15(24-11(2)20-10)17(23)21-14(16-19-8-9-22(16)3)12-4-6-13(18)7-5-12/h4-9,14H,1-3H3,(H,21,23). The number of nitrogens with one attached hydrogen (secondary N) is 1. The molecule has 124 valence electrons. The molecule has 2 aromatic heterocycles. The summed E-state index contributed by atoms with van der Waals surface area (Å²) in [6, 6.07) is 5.58. The fourth-order valence-corrected chi connectivity index (χ4v) is 3.37. The van der Waals surface area contributed by atoms with Gasteiger partial charge >= 0.3 is 0 Å². The third kappa shape index (κ3) is 3.21. The highest BCUT2D eigenvalue weighted by Crippen LogP contribution is 2.23. The lowest BCUT2D eigenvalue weighted by Gasteiger charge is -2.19. The van der Waals surface area contributed by atoms with Crippen LogP contribution >= 0.6 is 11.3 Å². The van der Waals surface area contributed by atoms with Crippen molar-refractivity contribution >= 4 is 17.2 Å². The zero-order chi connectivity index (χ0) is 17.3. The van der Waals surface area contributed by atoms with Gasteiger partial charge in [-0.05, 0) is 31.5 Å². The van der Waals surface area contributed by atoms with Gasteiger partial charge in [-0.3, -0.25) is 4.79 Å². The number of hydrogen-bond acceptors (Lipinski definition) is 4. The number of thiazole rings is 1. The van der Waals surface area contributed by atoms with Crippen LogP contribution in [-0.2, 0) is 7.05 Å². The van der Waals surface area contributed by atoms with Gasteiger partial charge in [-0.1, -0.05) is 12.1 Å². The summed E-state index contributed by atoms with van der Waals surface area (Å²) in [5.74, 6) is 0.141. The number of carbonyl (C=O) groups excluding carboxylic acids is 1. The van der Waals surface area contributed by atoms with E-state index < -0.39 is 6.04 Å². The molecule has 0 aliphatic rings. The third-order valence-electron chi connectivity index (χ3n) is 3.71. The molecule has 2 heterocycles. The average Bonchev–Trinajstić information content (AvgIpc) is 3.11. The first-order valence-electron chi connectivity index (χ1n) is 7.43. The highest BCUT2D eigenvalue weighted by molar-refractivity contribution is 7.13. The molecule has 5 nitrogen and oxygen atoms in total. The van der Waals surface area contributed by atoms with Crippen molar-refractivity contribution in [2.24, 2.45) is 7.05 Å². The minimum atomic E-state index is -0.472. The van der Waals surface area contributed by atoms with Gasteiger partial charge in [0.2, 0.25) is 0 Å². The van der Waals surface area contributed by atoms with Crippen molar-refractivity contribution in [1.29, 1.82) is 0 Å². The summed E-state index contributed by atoms with van der Waals surface area (Å²) in [6.45, 7) is 3.68. The van der Waals surface area contributed by atoms with Gasteiger partial charge in [-0.2, -0.15) is 0 Å². The SMILES string of the molecule is Cc1nc(C)c(C(=O)NC(c2ccc(F)cc2)c2nccn2C)s1. The van der Waals surface area contributed by atoms with Crippen molar-refractivity contribution in [2.75, 3.05) is 0 Å². The molecule has 1 amide bonds. The van der Waals surface area contributed by atoms with E-state index in [1.165, 1.54) is 23.5 Å². The summed E-state index contributed by atoms with van der Waals surface area (Å²) in [5, 5.41) is 3.83. The van der Waals surface area contributed by atoms with Gasteiger partial charge in [0.05, 0.1) is 10.7 Å². The molecule has 0 saturated carbocycles. The first-order valence-corrected chi connectivity index (χ1v) is 8.25. The lowest BCUT2D eigenvalue weighted by Crippen LogP contribution is -2.31. The first-order chi connectivity index (χ1) is 11.5. The number of rotatable bonds is 4. The second kappa shape index (κ2) is 6.52. The summed E-state index contributed by atoms with van der Waals surface area (Å²) in [4.78, 5) is 21.9. The second-order valence-electron chi connectivity index (χ2n) is 5.50. The fourth-order valence-electron chi connectivity index (χ4n) is 2.55. The number of aryl methyl sites for hydroxylation is 3. The minimum absolute atomic E-state index is 0.213. The molecular formula is C17H17FN4OS. The molecule has 0 aliphatic carbocycles. The molecule has 0 spiro atoms. The highest BCUT2D eigenvalue weighted by atomic mass is 32.1. The van der Waals surface area contributed by atoms with E-state index >= 15 is 0 Å². The monoisotopic (exact) mass is 344 g/mol. The van der Waals surface area contributed by atoms with Gasteiger partial charge < -0.3 is 9.88 Å². The maximum Gasteiger partial charge on any atom is 0.264 e. The molecule has 0 fully saturated rings. The molecule has 0 aliphatic heterocycles. The molecule has 3 rings (SSSR count). The molecule has 3 aromatic rings. The number of imidazole rings is 1. The van der Waals surface area contributed by atoms with E-state index in [1.54, 1.807) is 24.5 Å². The number of amides is 1. The van der Waals surface area contributed by atoms with E-state index in [9.17, 15) is 9.18 Å². The van der Waals surface area contributed by atoms with Crippen LogP contribution in [0, 0.1) is 19.7 Å². The molecule has 7 heteroatoms. The quantitative estimate of drug-likeness (QED) is 0.791. The number of nitrogens with zero attached hydrogens (tertiary/aromatic N) is 3. The van der Waals surface area contributed by atoms with E-state index in [4.69, 9.17) is 0 Å². The molecule has 1 N–H and O–H groups in total. The lowest BCUT2D eigenvalue weighted by molar-refractivity contribution is 0.0944. The topological polar surface area (TPSA) is 59.8 Å². The van der Waals surface area contributed by atoms with E-state index in [0.717, 1.165) is 10.6 Å². The third-order valence-corrected chi connectivity index (χ3v) is 4.78. The first kappa shape index (κ1) is 16.3. The second-order valence-corrected chi connectivity index (χ2v) is 6.70. The van der Waals surface area contributed by atoms with Crippen molar-refractivity contribution in [3.05, 3.63) is 69.4 Å². The van der Waals surface area contributed by atoms with Crippen molar-refractivity contribution in [3.8, 4) is 0 Å². The Labute approximate surface area is 143 Å². The van der Waals surface area contributed by atoms with Gasteiger partial charge in [-0.15, -0.1) is 11.3 Å². The van der Waals surface area contributed by atoms with Gasteiger partial charge in [0, 0.05) is 19.4 Å². The van der Waals surface area contributed by atoms with Gasteiger partial charge in [-0.25, -0.2) is 14.4 Å². The lowest BCUT2D eigenvalue weighted by atomic mass is 10.1. The maximum absolute atomic E-state index is 13.2. The van der Waals surface area contributed by atoms with Gasteiger partial charge in [0.1, 0.15) is 22.6 Å². The molecule has 1 aromatic carbocycles. The molecule has 0 saturated heterocycles. The van der Waals surface area contributed by atoms with Crippen LogP contribution in [0.4, 0.5) is 4.39 Å². The van der Waals surface area contributed by atoms with Crippen LogP contribution in [0.3, 0.4) is 0 Å². The summed E-state index contributed by atoms with van der Waals surface area (Å²) < 4.78 is 15.1. The normalized spacial score (nSPS) is 12.2. The Morgan fingerprint density at radius 3 is 2.54 bits per heavy atom. The molecule has 1 atom stereocenters.